The number of aliphatic hydroxyl groups excluding tert-OH is 1. The Kier molecular flexibility index (Phi) is 7.02. The van der Waals surface area contributed by atoms with Gasteiger partial charge in [-0.1, -0.05) is 30.3 Å². The third-order valence-corrected chi connectivity index (χ3v) is 3.44. The first-order valence-electron chi connectivity index (χ1n) is 6.71. The van der Waals surface area contributed by atoms with Crippen LogP contribution in [-0.2, 0) is 11.2 Å². The molecular formula is C15H26N2O2. The van der Waals surface area contributed by atoms with E-state index in [-0.39, 0.29) is 12.1 Å². The number of benzene rings is 1. The number of nitrogens with zero attached hydrogens (tertiary/aromatic N) is 1. The quantitative estimate of drug-likeness (QED) is 0.733. The molecule has 0 aliphatic carbocycles. The third-order valence-electron chi connectivity index (χ3n) is 3.44. The van der Waals surface area contributed by atoms with Crippen molar-refractivity contribution < 1.29 is 9.84 Å². The molecule has 0 radical (unpaired) electrons. The molecule has 1 rings (SSSR count). The number of likely N-dealkylation sites (N-methyl/N-ethyl adjacent to an activating group) is 1. The van der Waals surface area contributed by atoms with E-state index in [1.807, 2.05) is 37.4 Å². The SMILES string of the molecule is COCC(C)N(C)CC(O)C(N)Cc1ccccc1. The van der Waals surface area contributed by atoms with Crippen LogP contribution < -0.4 is 5.73 Å². The molecule has 4 heteroatoms. The molecule has 0 spiro atoms. The fourth-order valence-electron chi connectivity index (χ4n) is 2.00. The molecule has 3 N–H and O–H groups in total. The van der Waals surface area contributed by atoms with Crippen LogP contribution in [0.15, 0.2) is 30.3 Å². The van der Waals surface area contributed by atoms with Gasteiger partial charge in [-0.2, -0.15) is 0 Å². The van der Waals surface area contributed by atoms with Crippen molar-refractivity contribution in [2.45, 2.75) is 31.5 Å². The summed E-state index contributed by atoms with van der Waals surface area (Å²) in [6.07, 6.45) is 0.152. The Hall–Kier alpha value is -0.940. The highest BCUT2D eigenvalue weighted by Gasteiger charge is 2.19. The number of rotatable bonds is 8. The molecule has 19 heavy (non-hydrogen) atoms. The van der Waals surface area contributed by atoms with Crippen LogP contribution in [0.1, 0.15) is 12.5 Å². The monoisotopic (exact) mass is 266 g/mol. The van der Waals surface area contributed by atoms with Crippen molar-refractivity contribution in [1.29, 1.82) is 0 Å². The van der Waals surface area contributed by atoms with Gasteiger partial charge in [0.05, 0.1) is 12.7 Å². The van der Waals surface area contributed by atoms with Gasteiger partial charge in [0, 0.05) is 25.7 Å². The lowest BCUT2D eigenvalue weighted by Gasteiger charge is -2.29. The summed E-state index contributed by atoms with van der Waals surface area (Å²) >= 11 is 0. The number of aliphatic hydroxyl groups is 1. The zero-order valence-corrected chi connectivity index (χ0v) is 12.1. The zero-order valence-electron chi connectivity index (χ0n) is 12.1. The number of hydrogen-bond donors (Lipinski definition) is 2. The number of methoxy groups -OCH3 is 1. The smallest absolute Gasteiger partial charge is 0.0820 e. The van der Waals surface area contributed by atoms with Gasteiger partial charge in [0.1, 0.15) is 0 Å². The summed E-state index contributed by atoms with van der Waals surface area (Å²) in [4.78, 5) is 2.07. The summed E-state index contributed by atoms with van der Waals surface area (Å²) in [5.74, 6) is 0. The van der Waals surface area contributed by atoms with Gasteiger partial charge in [-0.05, 0) is 26.0 Å². The fourth-order valence-corrected chi connectivity index (χ4v) is 2.00. The molecule has 0 amide bonds. The molecular weight excluding hydrogens is 240 g/mol. The Bertz CT molecular complexity index is 345. The van der Waals surface area contributed by atoms with Gasteiger partial charge in [-0.15, -0.1) is 0 Å². The van der Waals surface area contributed by atoms with Gasteiger partial charge in [0.25, 0.3) is 0 Å². The van der Waals surface area contributed by atoms with Crippen molar-refractivity contribution in [2.24, 2.45) is 5.73 Å². The molecule has 4 nitrogen and oxygen atoms in total. The Morgan fingerprint density at radius 1 is 1.32 bits per heavy atom. The van der Waals surface area contributed by atoms with Crippen molar-refractivity contribution in [2.75, 3.05) is 27.3 Å². The minimum Gasteiger partial charge on any atom is -0.390 e. The van der Waals surface area contributed by atoms with Gasteiger partial charge in [-0.3, -0.25) is 4.90 Å². The van der Waals surface area contributed by atoms with Gasteiger partial charge < -0.3 is 15.6 Å². The summed E-state index contributed by atoms with van der Waals surface area (Å²) in [6, 6.07) is 10.0. The van der Waals surface area contributed by atoms with E-state index in [0.717, 1.165) is 5.56 Å². The molecule has 0 heterocycles. The van der Waals surface area contributed by atoms with Crippen molar-refractivity contribution in [3.05, 3.63) is 35.9 Å². The minimum atomic E-state index is -0.537. The molecule has 0 aromatic heterocycles. The average Bonchev–Trinajstić information content (AvgIpc) is 2.40. The van der Waals surface area contributed by atoms with E-state index in [2.05, 4.69) is 11.8 Å². The summed E-state index contributed by atoms with van der Waals surface area (Å²) in [5.41, 5.74) is 7.22. The molecule has 0 saturated carbocycles. The topological polar surface area (TPSA) is 58.7 Å². The lowest BCUT2D eigenvalue weighted by molar-refractivity contribution is 0.0596. The van der Waals surface area contributed by atoms with Crippen molar-refractivity contribution in [1.82, 2.24) is 4.90 Å². The Labute approximate surface area is 116 Å². The molecule has 0 saturated heterocycles. The minimum absolute atomic E-state index is 0.250. The van der Waals surface area contributed by atoms with E-state index in [9.17, 15) is 5.11 Å². The highest BCUT2D eigenvalue weighted by atomic mass is 16.5. The Morgan fingerprint density at radius 3 is 2.53 bits per heavy atom. The molecule has 0 fully saturated rings. The van der Waals surface area contributed by atoms with Crippen molar-refractivity contribution >= 4 is 0 Å². The third kappa shape index (κ3) is 5.70. The van der Waals surface area contributed by atoms with E-state index in [4.69, 9.17) is 10.5 Å². The van der Waals surface area contributed by atoms with E-state index in [1.54, 1.807) is 7.11 Å². The second kappa shape index (κ2) is 8.27. The van der Waals surface area contributed by atoms with Crippen LogP contribution in [0.2, 0.25) is 0 Å². The van der Waals surface area contributed by atoms with Crippen LogP contribution in [0.25, 0.3) is 0 Å². The van der Waals surface area contributed by atoms with E-state index >= 15 is 0 Å². The first-order chi connectivity index (χ1) is 9.04. The van der Waals surface area contributed by atoms with Gasteiger partial charge >= 0.3 is 0 Å². The lowest BCUT2D eigenvalue weighted by Crippen LogP contribution is -2.46. The van der Waals surface area contributed by atoms with Crippen LogP contribution in [-0.4, -0.2) is 55.5 Å². The predicted molar refractivity (Wildman–Crippen MR) is 78.1 cm³/mol. The van der Waals surface area contributed by atoms with Crippen LogP contribution in [0, 0.1) is 0 Å². The molecule has 0 aliphatic heterocycles. The molecule has 3 atom stereocenters. The average molecular weight is 266 g/mol. The highest BCUT2D eigenvalue weighted by Crippen LogP contribution is 2.06. The first kappa shape index (κ1) is 16.1. The molecule has 108 valence electrons. The number of nitrogens with two attached hydrogens (primary N) is 1. The van der Waals surface area contributed by atoms with Crippen LogP contribution in [0.4, 0.5) is 0 Å². The van der Waals surface area contributed by atoms with E-state index in [1.165, 1.54) is 0 Å². The van der Waals surface area contributed by atoms with E-state index in [0.29, 0.717) is 19.6 Å². The Balaban J connectivity index is 2.42. The molecule has 0 bridgehead atoms. The normalized spacial score (nSPS) is 16.3. The van der Waals surface area contributed by atoms with Gasteiger partial charge in [-0.25, -0.2) is 0 Å². The molecule has 1 aromatic carbocycles. The van der Waals surface area contributed by atoms with Gasteiger partial charge in [0.15, 0.2) is 0 Å². The van der Waals surface area contributed by atoms with Crippen molar-refractivity contribution in [3.63, 3.8) is 0 Å². The number of ether oxygens (including phenoxy) is 1. The maximum absolute atomic E-state index is 10.2. The van der Waals surface area contributed by atoms with E-state index < -0.39 is 6.10 Å². The standard InChI is InChI=1S/C15H26N2O2/c1-12(11-19-3)17(2)10-15(18)14(16)9-13-7-5-4-6-8-13/h4-8,12,14-15,18H,9-11,16H2,1-3H3. The summed E-state index contributed by atoms with van der Waals surface area (Å²) in [7, 11) is 3.66. The summed E-state index contributed by atoms with van der Waals surface area (Å²) in [6.45, 7) is 3.27. The highest BCUT2D eigenvalue weighted by molar-refractivity contribution is 5.16. The first-order valence-corrected chi connectivity index (χ1v) is 6.71. The molecule has 0 aliphatic rings. The van der Waals surface area contributed by atoms with Crippen molar-refractivity contribution in [3.8, 4) is 0 Å². The largest absolute Gasteiger partial charge is 0.390 e. The Morgan fingerprint density at radius 2 is 1.95 bits per heavy atom. The molecule has 1 aromatic rings. The molecule has 3 unspecified atom stereocenters. The second-order valence-electron chi connectivity index (χ2n) is 5.16. The van der Waals surface area contributed by atoms with Crippen LogP contribution >= 0.6 is 0 Å². The lowest BCUT2D eigenvalue weighted by atomic mass is 10.0. The summed E-state index contributed by atoms with van der Waals surface area (Å²) in [5, 5.41) is 10.2. The van der Waals surface area contributed by atoms with Crippen LogP contribution in [0.5, 0.6) is 0 Å². The fraction of sp³-hybridized carbons (Fsp3) is 0.600. The second-order valence-corrected chi connectivity index (χ2v) is 5.16. The maximum atomic E-state index is 10.2. The van der Waals surface area contributed by atoms with Crippen LogP contribution in [0.3, 0.4) is 0 Å². The summed E-state index contributed by atoms with van der Waals surface area (Å²) < 4.78 is 5.11. The number of hydrogen-bond acceptors (Lipinski definition) is 4. The van der Waals surface area contributed by atoms with Gasteiger partial charge in [0.2, 0.25) is 0 Å². The zero-order chi connectivity index (χ0) is 14.3. The predicted octanol–water partition coefficient (Wildman–Crippen LogP) is 0.884. The maximum Gasteiger partial charge on any atom is 0.0820 e.